The third-order valence-corrected chi connectivity index (χ3v) is 9.32. The van der Waals surface area contributed by atoms with Gasteiger partial charge < -0.3 is 10.2 Å². The minimum atomic E-state index is -4.30. The molecule has 0 heterocycles. The number of nitrogens with zero attached hydrogens (tertiary/aromatic N) is 2. The van der Waals surface area contributed by atoms with Gasteiger partial charge in [-0.1, -0.05) is 72.9 Å². The lowest BCUT2D eigenvalue weighted by Crippen LogP contribution is -2.53. The Hall–Kier alpha value is -3.14. The standard InChI is InChI=1S/C30H34Cl2FN3O4S/c1-5-21(4)34-30(38)26(6-2)35(18-22-12-14-23(33)15-13-22)28(37)19-36(27-9-7-8-25(31)29(27)32)41(39,40)24-16-10-20(3)11-17-24/h7-17,21,26H,5-6,18-19H2,1-4H3,(H,34,38)/t21-,26+/m1/s1. The molecule has 0 radical (unpaired) electrons. The number of carbonyl (C=O) groups is 2. The molecule has 41 heavy (non-hydrogen) atoms. The van der Waals surface area contributed by atoms with Crippen LogP contribution in [0.15, 0.2) is 71.6 Å². The molecule has 0 aliphatic rings. The fourth-order valence-electron chi connectivity index (χ4n) is 4.18. The highest BCUT2D eigenvalue weighted by atomic mass is 35.5. The zero-order chi connectivity index (χ0) is 30.3. The molecule has 0 aliphatic carbocycles. The predicted molar refractivity (Wildman–Crippen MR) is 161 cm³/mol. The summed E-state index contributed by atoms with van der Waals surface area (Å²) in [5.74, 6) is -1.46. The summed E-state index contributed by atoms with van der Waals surface area (Å²) in [5.41, 5.74) is 1.45. The van der Waals surface area contributed by atoms with E-state index in [-0.39, 0.29) is 45.5 Å². The lowest BCUT2D eigenvalue weighted by atomic mass is 10.1. The van der Waals surface area contributed by atoms with Crippen molar-refractivity contribution in [3.8, 4) is 0 Å². The number of carbonyl (C=O) groups excluding carboxylic acids is 2. The minimum Gasteiger partial charge on any atom is -0.352 e. The van der Waals surface area contributed by atoms with Crippen molar-refractivity contribution in [2.75, 3.05) is 10.8 Å². The molecule has 0 aromatic heterocycles. The van der Waals surface area contributed by atoms with Crippen molar-refractivity contribution < 1.29 is 22.4 Å². The third-order valence-electron chi connectivity index (χ3n) is 6.74. The van der Waals surface area contributed by atoms with Crippen LogP contribution in [0.1, 0.15) is 44.7 Å². The number of hydrogen-bond acceptors (Lipinski definition) is 4. The first kappa shape index (κ1) is 32.4. The Bertz CT molecular complexity index is 1470. The maximum Gasteiger partial charge on any atom is 0.264 e. The SMILES string of the molecule is CC[C@@H](C)NC(=O)[C@H](CC)N(Cc1ccc(F)cc1)C(=O)CN(c1cccc(Cl)c1Cl)S(=O)(=O)c1ccc(C)cc1. The van der Waals surface area contributed by atoms with E-state index in [0.717, 1.165) is 9.87 Å². The van der Waals surface area contributed by atoms with Gasteiger partial charge in [-0.05, 0) is 68.7 Å². The molecule has 2 atom stereocenters. The van der Waals surface area contributed by atoms with Gasteiger partial charge in [0, 0.05) is 12.6 Å². The number of nitrogens with one attached hydrogen (secondary N) is 1. The lowest BCUT2D eigenvalue weighted by Gasteiger charge is -2.34. The fourth-order valence-corrected chi connectivity index (χ4v) is 6.06. The number of aryl methyl sites for hydroxylation is 1. The van der Waals surface area contributed by atoms with Crippen LogP contribution in [0, 0.1) is 12.7 Å². The topological polar surface area (TPSA) is 86.8 Å². The molecule has 0 unspecified atom stereocenters. The van der Waals surface area contributed by atoms with E-state index in [1.54, 1.807) is 19.1 Å². The van der Waals surface area contributed by atoms with Crippen molar-refractivity contribution in [3.05, 3.63) is 93.7 Å². The summed E-state index contributed by atoms with van der Waals surface area (Å²) in [6.45, 7) is 6.66. The zero-order valence-electron chi connectivity index (χ0n) is 23.4. The summed E-state index contributed by atoms with van der Waals surface area (Å²) in [5, 5.41) is 2.99. The molecule has 220 valence electrons. The lowest BCUT2D eigenvalue weighted by molar-refractivity contribution is -0.140. The number of benzene rings is 3. The molecule has 3 rings (SSSR count). The van der Waals surface area contributed by atoms with Gasteiger partial charge in [0.1, 0.15) is 18.4 Å². The van der Waals surface area contributed by atoms with Crippen LogP contribution >= 0.6 is 23.2 Å². The van der Waals surface area contributed by atoms with Gasteiger partial charge in [0.25, 0.3) is 10.0 Å². The first-order valence-electron chi connectivity index (χ1n) is 13.3. The van der Waals surface area contributed by atoms with Crippen molar-refractivity contribution in [2.24, 2.45) is 0 Å². The number of hydrogen-bond donors (Lipinski definition) is 1. The molecule has 11 heteroatoms. The fraction of sp³-hybridized carbons (Fsp3) is 0.333. The van der Waals surface area contributed by atoms with Crippen LogP contribution in [0.2, 0.25) is 10.0 Å². The molecule has 0 fully saturated rings. The van der Waals surface area contributed by atoms with E-state index in [4.69, 9.17) is 23.2 Å². The van der Waals surface area contributed by atoms with Crippen LogP contribution in [0.5, 0.6) is 0 Å². The van der Waals surface area contributed by atoms with Crippen LogP contribution in [0.3, 0.4) is 0 Å². The second kappa shape index (κ2) is 14.2. The van der Waals surface area contributed by atoms with Gasteiger partial charge in [-0.15, -0.1) is 0 Å². The first-order chi connectivity index (χ1) is 19.4. The number of sulfonamides is 1. The van der Waals surface area contributed by atoms with Gasteiger partial charge in [-0.3, -0.25) is 13.9 Å². The first-order valence-corrected chi connectivity index (χ1v) is 15.5. The molecule has 0 aliphatic heterocycles. The largest absolute Gasteiger partial charge is 0.352 e. The average Bonchev–Trinajstić information content (AvgIpc) is 2.94. The highest BCUT2D eigenvalue weighted by Gasteiger charge is 2.35. The monoisotopic (exact) mass is 621 g/mol. The molecular weight excluding hydrogens is 588 g/mol. The summed E-state index contributed by atoms with van der Waals surface area (Å²) in [6.07, 6.45) is 0.946. The minimum absolute atomic E-state index is 0.0203. The number of halogens is 3. The average molecular weight is 623 g/mol. The van der Waals surface area contributed by atoms with Crippen molar-refractivity contribution in [1.82, 2.24) is 10.2 Å². The van der Waals surface area contributed by atoms with Crippen LogP contribution < -0.4 is 9.62 Å². The summed E-state index contributed by atoms with van der Waals surface area (Å²) >= 11 is 12.7. The Balaban J connectivity index is 2.10. The summed E-state index contributed by atoms with van der Waals surface area (Å²) in [4.78, 5) is 28.7. The van der Waals surface area contributed by atoms with Crippen LogP contribution in [0.25, 0.3) is 0 Å². The van der Waals surface area contributed by atoms with Gasteiger partial charge in [0.2, 0.25) is 11.8 Å². The van der Waals surface area contributed by atoms with Crippen LogP contribution in [0.4, 0.5) is 10.1 Å². The molecule has 7 nitrogen and oxygen atoms in total. The Morgan fingerprint density at radius 1 is 0.951 bits per heavy atom. The van der Waals surface area contributed by atoms with Crippen LogP contribution in [-0.2, 0) is 26.2 Å². The van der Waals surface area contributed by atoms with E-state index in [1.165, 1.54) is 59.5 Å². The van der Waals surface area contributed by atoms with E-state index >= 15 is 0 Å². The Labute approximate surface area is 251 Å². The molecule has 0 saturated carbocycles. The van der Waals surface area contributed by atoms with Gasteiger partial charge in [-0.2, -0.15) is 0 Å². The molecular formula is C30H34Cl2FN3O4S. The molecule has 0 bridgehead atoms. The van der Waals surface area contributed by atoms with Gasteiger partial charge in [0.05, 0.1) is 20.6 Å². The van der Waals surface area contributed by atoms with E-state index in [2.05, 4.69) is 5.32 Å². The maximum atomic E-state index is 14.1. The smallest absolute Gasteiger partial charge is 0.264 e. The summed E-state index contributed by atoms with van der Waals surface area (Å²) in [7, 11) is -4.30. The van der Waals surface area contributed by atoms with E-state index in [9.17, 15) is 22.4 Å². The van der Waals surface area contributed by atoms with E-state index in [1.807, 2.05) is 20.8 Å². The number of anilines is 1. The van der Waals surface area contributed by atoms with Crippen molar-refractivity contribution in [1.29, 1.82) is 0 Å². The quantitative estimate of drug-likeness (QED) is 0.255. The second-order valence-corrected chi connectivity index (χ2v) is 12.4. The van der Waals surface area contributed by atoms with Crippen molar-refractivity contribution >= 4 is 50.7 Å². The highest BCUT2D eigenvalue weighted by molar-refractivity contribution is 7.92. The normalized spacial score (nSPS) is 12.9. The van der Waals surface area contributed by atoms with Crippen molar-refractivity contribution in [2.45, 2.75) is 64.1 Å². The number of rotatable bonds is 12. The van der Waals surface area contributed by atoms with Gasteiger partial charge >= 0.3 is 0 Å². The maximum absolute atomic E-state index is 14.1. The number of amides is 2. The van der Waals surface area contributed by atoms with Gasteiger partial charge in [-0.25, -0.2) is 12.8 Å². The predicted octanol–water partition coefficient (Wildman–Crippen LogP) is 6.36. The molecule has 3 aromatic carbocycles. The third kappa shape index (κ3) is 7.99. The Morgan fingerprint density at radius 2 is 1.59 bits per heavy atom. The van der Waals surface area contributed by atoms with Crippen LogP contribution in [-0.4, -0.2) is 43.8 Å². The van der Waals surface area contributed by atoms with E-state index in [0.29, 0.717) is 12.0 Å². The summed E-state index contributed by atoms with van der Waals surface area (Å²) in [6, 6.07) is 15.2. The second-order valence-electron chi connectivity index (χ2n) is 9.79. The molecule has 0 saturated heterocycles. The zero-order valence-corrected chi connectivity index (χ0v) is 25.7. The Kier molecular flexibility index (Phi) is 11.2. The van der Waals surface area contributed by atoms with Gasteiger partial charge in [0.15, 0.2) is 0 Å². The highest BCUT2D eigenvalue weighted by Crippen LogP contribution is 2.35. The molecule has 1 N–H and O–H groups in total. The molecule has 0 spiro atoms. The Morgan fingerprint density at radius 3 is 2.17 bits per heavy atom. The van der Waals surface area contributed by atoms with E-state index < -0.39 is 34.3 Å². The molecule has 2 amide bonds. The molecule has 3 aromatic rings. The van der Waals surface area contributed by atoms with Crippen molar-refractivity contribution in [3.63, 3.8) is 0 Å². The summed E-state index contributed by atoms with van der Waals surface area (Å²) < 4.78 is 42.4.